The maximum Gasteiger partial charge on any atom is 0.237 e. The Labute approximate surface area is 167 Å². The van der Waals surface area contributed by atoms with E-state index in [1.165, 1.54) is 18.7 Å². The van der Waals surface area contributed by atoms with Gasteiger partial charge in [0.05, 0.1) is 10.9 Å². The first-order valence-corrected chi connectivity index (χ1v) is 9.67. The molecule has 1 heterocycles. The molecule has 3 rings (SSSR count). The summed E-state index contributed by atoms with van der Waals surface area (Å²) >= 11 is 1.27. The Bertz CT molecular complexity index is 1030. The Kier molecular flexibility index (Phi) is 5.89. The number of aromatic nitrogens is 4. The summed E-state index contributed by atoms with van der Waals surface area (Å²) in [5.74, 6) is -0.243. The molecule has 0 saturated heterocycles. The van der Waals surface area contributed by atoms with Crippen molar-refractivity contribution in [1.82, 2.24) is 20.2 Å². The lowest BCUT2D eigenvalue weighted by atomic mass is 10.1. The van der Waals surface area contributed by atoms with Crippen LogP contribution < -0.4 is 5.32 Å². The minimum absolute atomic E-state index is 0.0498. The summed E-state index contributed by atoms with van der Waals surface area (Å²) in [6.45, 7) is 7.30. The number of nitrogens with one attached hydrogen (secondary N) is 1. The second-order valence-corrected chi connectivity index (χ2v) is 7.86. The monoisotopic (exact) mass is 395 g/mol. The van der Waals surface area contributed by atoms with Crippen LogP contribution in [0, 0.1) is 13.8 Å². The highest BCUT2D eigenvalue weighted by atomic mass is 32.2. The third-order valence-electron chi connectivity index (χ3n) is 4.21. The Hall–Kier alpha value is -3.00. The summed E-state index contributed by atoms with van der Waals surface area (Å²) in [6, 6.07) is 12.9. The molecule has 1 N–H and O–H groups in total. The lowest BCUT2D eigenvalue weighted by Gasteiger charge is -2.13. The lowest BCUT2D eigenvalue weighted by molar-refractivity contribution is -0.115. The smallest absolute Gasteiger partial charge is 0.237 e. The molecular formula is C20H21N5O2S. The fourth-order valence-electron chi connectivity index (χ4n) is 2.72. The van der Waals surface area contributed by atoms with Crippen LogP contribution in [0.5, 0.6) is 0 Å². The summed E-state index contributed by atoms with van der Waals surface area (Å²) in [5.41, 5.74) is 4.22. The molecule has 0 aliphatic heterocycles. The van der Waals surface area contributed by atoms with Gasteiger partial charge in [-0.05, 0) is 61.9 Å². The number of hydrogen-bond donors (Lipinski definition) is 1. The fourth-order valence-corrected chi connectivity index (χ4v) is 3.52. The molecule has 3 aromatic rings. The number of ketones is 1. The van der Waals surface area contributed by atoms with Crippen LogP contribution in [0.4, 0.5) is 5.69 Å². The zero-order valence-corrected chi connectivity index (χ0v) is 16.9. The van der Waals surface area contributed by atoms with Crippen molar-refractivity contribution < 1.29 is 9.59 Å². The van der Waals surface area contributed by atoms with E-state index >= 15 is 0 Å². The molecule has 7 nitrogen and oxygen atoms in total. The van der Waals surface area contributed by atoms with Crippen LogP contribution in [0.1, 0.15) is 35.3 Å². The molecule has 0 radical (unpaired) electrons. The van der Waals surface area contributed by atoms with Crippen molar-refractivity contribution in [2.24, 2.45) is 0 Å². The zero-order valence-electron chi connectivity index (χ0n) is 16.1. The van der Waals surface area contributed by atoms with Crippen molar-refractivity contribution in [3.05, 3.63) is 59.2 Å². The van der Waals surface area contributed by atoms with Crippen LogP contribution in [0.25, 0.3) is 5.69 Å². The summed E-state index contributed by atoms with van der Waals surface area (Å²) in [4.78, 5) is 24.1. The number of Topliss-reactive ketones (excluding diaryl/α,β-unsaturated/α-hetero) is 1. The standard InChI is InChI=1S/C20H21N5O2S/c1-12-8-9-18(13(2)10-12)25-20(22-23-24-25)28-15(4)19(27)21-17-7-5-6-16(11-17)14(3)26/h5-11,15H,1-4H3,(H,21,27). The Balaban J connectivity index is 1.74. The molecule has 1 aromatic heterocycles. The van der Waals surface area contributed by atoms with Crippen LogP contribution in [-0.4, -0.2) is 37.1 Å². The van der Waals surface area contributed by atoms with E-state index in [-0.39, 0.29) is 11.7 Å². The van der Waals surface area contributed by atoms with Gasteiger partial charge in [0, 0.05) is 11.3 Å². The van der Waals surface area contributed by atoms with E-state index in [1.54, 1.807) is 35.9 Å². The zero-order chi connectivity index (χ0) is 20.3. The van der Waals surface area contributed by atoms with Gasteiger partial charge >= 0.3 is 0 Å². The SMILES string of the molecule is CC(=O)c1cccc(NC(=O)C(C)Sc2nnnn2-c2ccc(C)cc2C)c1. The second-order valence-electron chi connectivity index (χ2n) is 6.55. The lowest BCUT2D eigenvalue weighted by Crippen LogP contribution is -2.23. The van der Waals surface area contributed by atoms with Gasteiger partial charge in [0.25, 0.3) is 0 Å². The number of hydrogen-bond acceptors (Lipinski definition) is 6. The maximum absolute atomic E-state index is 12.6. The van der Waals surface area contributed by atoms with E-state index in [1.807, 2.05) is 26.0 Å². The van der Waals surface area contributed by atoms with Gasteiger partial charge in [0.1, 0.15) is 0 Å². The van der Waals surface area contributed by atoms with E-state index in [4.69, 9.17) is 0 Å². The largest absolute Gasteiger partial charge is 0.325 e. The van der Waals surface area contributed by atoms with Crippen molar-refractivity contribution in [2.75, 3.05) is 5.32 Å². The topological polar surface area (TPSA) is 89.8 Å². The summed E-state index contributed by atoms with van der Waals surface area (Å²) in [5, 5.41) is 14.8. The fraction of sp³-hybridized carbons (Fsp3) is 0.250. The van der Waals surface area contributed by atoms with E-state index < -0.39 is 5.25 Å². The molecule has 0 bridgehead atoms. The minimum atomic E-state index is -0.434. The quantitative estimate of drug-likeness (QED) is 0.507. The first-order valence-electron chi connectivity index (χ1n) is 8.79. The molecule has 0 spiro atoms. The van der Waals surface area contributed by atoms with E-state index in [2.05, 4.69) is 26.9 Å². The normalized spacial score (nSPS) is 11.9. The highest BCUT2D eigenvalue weighted by Gasteiger charge is 2.20. The van der Waals surface area contributed by atoms with Gasteiger partial charge in [-0.3, -0.25) is 9.59 Å². The molecule has 28 heavy (non-hydrogen) atoms. The van der Waals surface area contributed by atoms with Gasteiger partial charge in [-0.25, -0.2) is 0 Å². The van der Waals surface area contributed by atoms with Crippen LogP contribution in [0.15, 0.2) is 47.6 Å². The number of thioether (sulfide) groups is 1. The van der Waals surface area contributed by atoms with E-state index in [0.29, 0.717) is 16.4 Å². The molecule has 0 aliphatic rings. The molecule has 0 saturated carbocycles. The van der Waals surface area contributed by atoms with Gasteiger partial charge in [-0.2, -0.15) is 4.68 Å². The van der Waals surface area contributed by atoms with Crippen molar-refractivity contribution in [2.45, 2.75) is 38.1 Å². The molecule has 1 amide bonds. The second kappa shape index (κ2) is 8.35. The van der Waals surface area contributed by atoms with Crippen LogP contribution in [0.2, 0.25) is 0 Å². The molecule has 144 valence electrons. The summed E-state index contributed by atoms with van der Waals surface area (Å²) < 4.78 is 1.64. The average molecular weight is 395 g/mol. The molecule has 0 aliphatic carbocycles. The van der Waals surface area contributed by atoms with E-state index in [0.717, 1.165) is 16.8 Å². The number of carbonyl (C=O) groups excluding carboxylic acids is 2. The third kappa shape index (κ3) is 4.45. The van der Waals surface area contributed by atoms with Crippen molar-refractivity contribution in [1.29, 1.82) is 0 Å². The predicted octanol–water partition coefficient (Wildman–Crippen LogP) is 3.60. The predicted molar refractivity (Wildman–Crippen MR) is 109 cm³/mol. The number of carbonyl (C=O) groups is 2. The number of aryl methyl sites for hydroxylation is 2. The van der Waals surface area contributed by atoms with Crippen LogP contribution in [0.3, 0.4) is 0 Å². The number of nitrogens with zero attached hydrogens (tertiary/aromatic N) is 4. The average Bonchev–Trinajstić information content (AvgIpc) is 3.09. The van der Waals surface area contributed by atoms with Crippen molar-refractivity contribution >= 4 is 29.1 Å². The Morgan fingerprint density at radius 2 is 1.93 bits per heavy atom. The Morgan fingerprint density at radius 1 is 1.14 bits per heavy atom. The van der Waals surface area contributed by atoms with Gasteiger partial charge < -0.3 is 5.32 Å². The number of anilines is 1. The number of benzene rings is 2. The third-order valence-corrected chi connectivity index (χ3v) is 5.24. The first-order chi connectivity index (χ1) is 13.3. The Morgan fingerprint density at radius 3 is 2.64 bits per heavy atom. The summed E-state index contributed by atoms with van der Waals surface area (Å²) in [6.07, 6.45) is 0. The molecule has 1 unspecified atom stereocenters. The highest BCUT2D eigenvalue weighted by Crippen LogP contribution is 2.25. The van der Waals surface area contributed by atoms with Gasteiger partial charge in [0.15, 0.2) is 5.78 Å². The van der Waals surface area contributed by atoms with Crippen molar-refractivity contribution in [3.8, 4) is 5.69 Å². The van der Waals surface area contributed by atoms with Crippen LogP contribution in [-0.2, 0) is 4.79 Å². The number of tetrazole rings is 1. The maximum atomic E-state index is 12.6. The van der Waals surface area contributed by atoms with Crippen LogP contribution >= 0.6 is 11.8 Å². The molecular weight excluding hydrogens is 374 g/mol. The first kappa shape index (κ1) is 19.8. The number of amides is 1. The number of rotatable bonds is 6. The molecule has 1 atom stereocenters. The van der Waals surface area contributed by atoms with Crippen molar-refractivity contribution in [3.63, 3.8) is 0 Å². The molecule has 8 heteroatoms. The van der Waals surface area contributed by atoms with E-state index in [9.17, 15) is 9.59 Å². The highest BCUT2D eigenvalue weighted by molar-refractivity contribution is 8.00. The van der Waals surface area contributed by atoms with Gasteiger partial charge in [-0.15, -0.1) is 5.10 Å². The molecule has 2 aromatic carbocycles. The minimum Gasteiger partial charge on any atom is -0.325 e. The van der Waals surface area contributed by atoms with Gasteiger partial charge in [0.2, 0.25) is 11.1 Å². The molecule has 0 fully saturated rings. The summed E-state index contributed by atoms with van der Waals surface area (Å²) in [7, 11) is 0. The van der Waals surface area contributed by atoms with Gasteiger partial charge in [-0.1, -0.05) is 41.6 Å².